The van der Waals surface area contributed by atoms with Gasteiger partial charge in [0.2, 0.25) is 0 Å². The summed E-state index contributed by atoms with van der Waals surface area (Å²) in [5, 5.41) is 2.90. The largest absolute Gasteiger partial charge is 0.416 e. The third kappa shape index (κ3) is 3.02. The Morgan fingerprint density at radius 1 is 1.33 bits per heavy atom. The lowest BCUT2D eigenvalue weighted by Gasteiger charge is -2.18. The Kier molecular flexibility index (Phi) is 3.61. The van der Waals surface area contributed by atoms with Crippen LogP contribution in [0.4, 0.5) is 17.6 Å². The molecule has 1 unspecified atom stereocenters. The van der Waals surface area contributed by atoms with E-state index in [9.17, 15) is 17.6 Å². The summed E-state index contributed by atoms with van der Waals surface area (Å²) >= 11 is 0. The molecule has 2 rings (SSSR count). The van der Waals surface area contributed by atoms with Gasteiger partial charge >= 0.3 is 6.18 Å². The van der Waals surface area contributed by atoms with E-state index < -0.39 is 17.6 Å². The molecule has 1 atom stereocenters. The number of benzene rings is 1. The van der Waals surface area contributed by atoms with Crippen molar-refractivity contribution >= 4 is 0 Å². The van der Waals surface area contributed by atoms with Crippen LogP contribution in [0.3, 0.4) is 0 Å². The zero-order valence-electron chi connectivity index (χ0n) is 10.0. The molecule has 0 saturated heterocycles. The molecule has 1 saturated carbocycles. The van der Waals surface area contributed by atoms with E-state index >= 15 is 0 Å². The lowest BCUT2D eigenvalue weighted by atomic mass is 9.98. The molecule has 1 nitrogen and oxygen atoms in total. The van der Waals surface area contributed by atoms with Crippen molar-refractivity contribution < 1.29 is 17.6 Å². The van der Waals surface area contributed by atoms with Crippen LogP contribution in [0.1, 0.15) is 36.4 Å². The van der Waals surface area contributed by atoms with Crippen LogP contribution in [0.15, 0.2) is 18.2 Å². The van der Waals surface area contributed by atoms with Gasteiger partial charge in [0.25, 0.3) is 0 Å². The van der Waals surface area contributed by atoms with Gasteiger partial charge in [-0.25, -0.2) is 4.39 Å². The normalized spacial score (nSPS) is 17.8. The monoisotopic (exact) mass is 261 g/mol. The van der Waals surface area contributed by atoms with Crippen molar-refractivity contribution in [1.29, 1.82) is 0 Å². The van der Waals surface area contributed by atoms with Crippen LogP contribution >= 0.6 is 0 Å². The fourth-order valence-corrected chi connectivity index (χ4v) is 2.07. The lowest BCUT2D eigenvalue weighted by Crippen LogP contribution is -2.19. The van der Waals surface area contributed by atoms with Crippen molar-refractivity contribution in [3.63, 3.8) is 0 Å². The van der Waals surface area contributed by atoms with Gasteiger partial charge < -0.3 is 5.32 Å². The van der Waals surface area contributed by atoms with Crippen LogP contribution in [-0.2, 0) is 6.18 Å². The molecule has 1 aromatic carbocycles. The molecule has 0 bridgehead atoms. The molecule has 1 aliphatic carbocycles. The minimum atomic E-state index is -4.43. The SMILES string of the molecule is CNC(CC1CC1)c1cc(C(F)(F)F)ccc1F. The molecule has 0 spiro atoms. The molecular formula is C13H15F4N. The summed E-state index contributed by atoms with van der Waals surface area (Å²) in [6.45, 7) is 0. The zero-order valence-corrected chi connectivity index (χ0v) is 10.0. The fraction of sp³-hybridized carbons (Fsp3) is 0.538. The number of alkyl halides is 3. The predicted octanol–water partition coefficient (Wildman–Crippen LogP) is 3.91. The van der Waals surface area contributed by atoms with Gasteiger partial charge in [-0.2, -0.15) is 13.2 Å². The lowest BCUT2D eigenvalue weighted by molar-refractivity contribution is -0.137. The molecule has 100 valence electrons. The van der Waals surface area contributed by atoms with Gasteiger partial charge in [0.05, 0.1) is 5.56 Å². The topological polar surface area (TPSA) is 12.0 Å². The summed E-state index contributed by atoms with van der Waals surface area (Å²) in [5.74, 6) is -0.0700. The molecule has 0 heterocycles. The molecule has 1 aromatic rings. The molecule has 5 heteroatoms. The summed E-state index contributed by atoms with van der Waals surface area (Å²) < 4.78 is 51.5. The first-order valence-corrected chi connectivity index (χ1v) is 5.95. The van der Waals surface area contributed by atoms with E-state index in [0.717, 1.165) is 31.0 Å². The average Bonchev–Trinajstić information content (AvgIpc) is 3.09. The van der Waals surface area contributed by atoms with Crippen LogP contribution in [-0.4, -0.2) is 7.05 Å². The van der Waals surface area contributed by atoms with Crippen molar-refractivity contribution in [3.05, 3.63) is 35.1 Å². The summed E-state index contributed by atoms with van der Waals surface area (Å²) in [4.78, 5) is 0. The Bertz CT molecular complexity index is 423. The Morgan fingerprint density at radius 3 is 2.50 bits per heavy atom. The van der Waals surface area contributed by atoms with Gasteiger partial charge in [0, 0.05) is 11.6 Å². The Balaban J connectivity index is 2.28. The number of halogens is 4. The van der Waals surface area contributed by atoms with Crippen molar-refractivity contribution in [2.24, 2.45) is 5.92 Å². The zero-order chi connectivity index (χ0) is 13.3. The van der Waals surface area contributed by atoms with Crippen LogP contribution in [0.5, 0.6) is 0 Å². The standard InChI is InChI=1S/C13H15F4N/c1-18-12(6-8-2-3-8)10-7-9(13(15,16)17)4-5-11(10)14/h4-5,7-8,12,18H,2-3,6H2,1H3. The predicted molar refractivity (Wildman–Crippen MR) is 60.5 cm³/mol. The maximum absolute atomic E-state index is 13.7. The molecule has 0 aliphatic heterocycles. The van der Waals surface area contributed by atoms with Gasteiger partial charge in [-0.3, -0.25) is 0 Å². The van der Waals surface area contributed by atoms with Gasteiger partial charge in [0.1, 0.15) is 5.82 Å². The molecule has 0 radical (unpaired) electrons. The minimum Gasteiger partial charge on any atom is -0.313 e. The van der Waals surface area contributed by atoms with E-state index in [1.165, 1.54) is 0 Å². The first kappa shape index (κ1) is 13.3. The fourth-order valence-electron chi connectivity index (χ4n) is 2.07. The summed E-state index contributed by atoms with van der Waals surface area (Å²) in [6, 6.07) is 2.25. The van der Waals surface area contributed by atoms with Gasteiger partial charge in [-0.15, -0.1) is 0 Å². The third-order valence-corrected chi connectivity index (χ3v) is 3.31. The number of nitrogens with one attached hydrogen (secondary N) is 1. The molecular weight excluding hydrogens is 246 g/mol. The molecule has 18 heavy (non-hydrogen) atoms. The molecule has 1 N–H and O–H groups in total. The molecule has 1 fully saturated rings. The van der Waals surface area contributed by atoms with Gasteiger partial charge in [-0.1, -0.05) is 12.8 Å². The van der Waals surface area contributed by atoms with E-state index in [-0.39, 0.29) is 11.6 Å². The maximum Gasteiger partial charge on any atom is 0.416 e. The van der Waals surface area contributed by atoms with Crippen molar-refractivity contribution in [2.75, 3.05) is 7.05 Å². The van der Waals surface area contributed by atoms with E-state index in [0.29, 0.717) is 12.3 Å². The van der Waals surface area contributed by atoms with Gasteiger partial charge in [-0.05, 0) is 37.6 Å². The molecule has 1 aliphatic rings. The second kappa shape index (κ2) is 4.88. The quantitative estimate of drug-likeness (QED) is 0.810. The highest BCUT2D eigenvalue weighted by Gasteiger charge is 2.33. The minimum absolute atomic E-state index is 0.110. The summed E-state index contributed by atoms with van der Waals surface area (Å²) in [6.07, 6.45) is -1.58. The first-order valence-electron chi connectivity index (χ1n) is 5.95. The smallest absolute Gasteiger partial charge is 0.313 e. The first-order chi connectivity index (χ1) is 8.41. The number of rotatable bonds is 4. The number of hydrogen-bond donors (Lipinski definition) is 1. The second-order valence-electron chi connectivity index (χ2n) is 4.75. The average molecular weight is 261 g/mol. The highest BCUT2D eigenvalue weighted by atomic mass is 19.4. The van der Waals surface area contributed by atoms with Crippen molar-refractivity contribution in [2.45, 2.75) is 31.5 Å². The second-order valence-corrected chi connectivity index (χ2v) is 4.75. The summed E-state index contributed by atoms with van der Waals surface area (Å²) in [7, 11) is 1.65. The Morgan fingerprint density at radius 2 is 2.00 bits per heavy atom. The highest BCUT2D eigenvalue weighted by molar-refractivity contribution is 5.29. The van der Waals surface area contributed by atoms with Crippen molar-refractivity contribution in [1.82, 2.24) is 5.32 Å². The highest BCUT2D eigenvalue weighted by Crippen LogP contribution is 2.39. The van der Waals surface area contributed by atoms with Crippen LogP contribution in [0.25, 0.3) is 0 Å². The third-order valence-electron chi connectivity index (χ3n) is 3.31. The van der Waals surface area contributed by atoms with Crippen molar-refractivity contribution in [3.8, 4) is 0 Å². The van der Waals surface area contributed by atoms with E-state index in [2.05, 4.69) is 5.32 Å². The molecule has 0 amide bonds. The van der Waals surface area contributed by atoms with E-state index in [1.807, 2.05) is 0 Å². The van der Waals surface area contributed by atoms with Crippen LogP contribution in [0, 0.1) is 11.7 Å². The van der Waals surface area contributed by atoms with Crippen LogP contribution < -0.4 is 5.32 Å². The van der Waals surface area contributed by atoms with Crippen LogP contribution in [0.2, 0.25) is 0 Å². The Hall–Kier alpha value is -1.10. The maximum atomic E-state index is 13.7. The number of hydrogen-bond acceptors (Lipinski definition) is 1. The summed E-state index contributed by atoms with van der Waals surface area (Å²) in [5.41, 5.74) is -0.686. The van der Waals surface area contributed by atoms with Gasteiger partial charge in [0.15, 0.2) is 0 Å². The Labute approximate surface area is 103 Å². The van der Waals surface area contributed by atoms with E-state index in [4.69, 9.17) is 0 Å². The molecule has 0 aromatic heterocycles. The van der Waals surface area contributed by atoms with E-state index in [1.54, 1.807) is 7.05 Å².